The van der Waals surface area contributed by atoms with E-state index in [4.69, 9.17) is 5.11 Å². The van der Waals surface area contributed by atoms with E-state index in [9.17, 15) is 13.6 Å². The zero-order chi connectivity index (χ0) is 15.7. The Labute approximate surface area is 125 Å². The van der Waals surface area contributed by atoms with Crippen LogP contribution >= 0.6 is 0 Å². The van der Waals surface area contributed by atoms with Gasteiger partial charge in [0.05, 0.1) is 18.4 Å². The zero-order valence-corrected chi connectivity index (χ0v) is 11.5. The van der Waals surface area contributed by atoms with Gasteiger partial charge in [-0.25, -0.2) is 23.5 Å². The van der Waals surface area contributed by atoms with Gasteiger partial charge in [0.1, 0.15) is 17.5 Å². The molecule has 1 aliphatic rings. The van der Waals surface area contributed by atoms with Gasteiger partial charge >= 0.3 is 5.97 Å². The second-order valence-corrected chi connectivity index (χ2v) is 5.14. The Bertz CT molecular complexity index is 719. The maximum Gasteiger partial charge on any atom is 0.356 e. The number of hydrogen-bond acceptors (Lipinski definition) is 4. The third kappa shape index (κ3) is 2.74. The van der Waals surface area contributed by atoms with E-state index in [2.05, 4.69) is 15.3 Å². The lowest BCUT2D eigenvalue weighted by Crippen LogP contribution is -2.19. The van der Waals surface area contributed by atoms with Gasteiger partial charge in [-0.1, -0.05) is 0 Å². The molecule has 1 aliphatic carbocycles. The first-order valence-corrected chi connectivity index (χ1v) is 6.84. The summed E-state index contributed by atoms with van der Waals surface area (Å²) in [6, 6.07) is 1.94. The number of halogens is 2. The van der Waals surface area contributed by atoms with Crippen LogP contribution in [0.2, 0.25) is 0 Å². The highest BCUT2D eigenvalue weighted by Crippen LogP contribution is 2.34. The molecule has 5 nitrogen and oxygen atoms in total. The molecular weight excluding hydrogens is 292 g/mol. The highest BCUT2D eigenvalue weighted by molar-refractivity contribution is 5.84. The summed E-state index contributed by atoms with van der Waals surface area (Å²) < 4.78 is 27.3. The average molecular weight is 305 g/mol. The Morgan fingerprint density at radius 2 is 2.09 bits per heavy atom. The zero-order valence-electron chi connectivity index (χ0n) is 11.5. The molecule has 1 aromatic carbocycles. The van der Waals surface area contributed by atoms with Crippen LogP contribution in [0.3, 0.4) is 0 Å². The maximum atomic E-state index is 13.8. The molecule has 0 unspecified atom stereocenters. The Morgan fingerprint density at radius 3 is 2.77 bits per heavy atom. The number of hydrogen-bond donors (Lipinski definition) is 2. The van der Waals surface area contributed by atoms with Crippen molar-refractivity contribution in [2.75, 3.05) is 5.32 Å². The van der Waals surface area contributed by atoms with Gasteiger partial charge in [-0.05, 0) is 36.5 Å². The first-order chi connectivity index (χ1) is 10.5. The topological polar surface area (TPSA) is 75.1 Å². The fraction of sp³-hybridized carbons (Fsp3) is 0.267. The van der Waals surface area contributed by atoms with Gasteiger partial charge in [0.25, 0.3) is 0 Å². The molecule has 114 valence electrons. The number of aromatic carboxylic acids is 1. The summed E-state index contributed by atoms with van der Waals surface area (Å²) >= 11 is 0. The minimum Gasteiger partial charge on any atom is -0.476 e. The highest BCUT2D eigenvalue weighted by atomic mass is 19.1. The van der Waals surface area contributed by atoms with E-state index in [-0.39, 0.29) is 11.7 Å². The van der Waals surface area contributed by atoms with Gasteiger partial charge < -0.3 is 10.4 Å². The van der Waals surface area contributed by atoms with Crippen molar-refractivity contribution in [3.63, 3.8) is 0 Å². The fourth-order valence-electron chi connectivity index (χ4n) is 2.68. The van der Waals surface area contributed by atoms with Gasteiger partial charge in [-0.15, -0.1) is 0 Å². The number of fused-ring (bicyclic) bond motifs is 1. The molecule has 0 saturated heterocycles. The van der Waals surface area contributed by atoms with Crippen LogP contribution in [-0.4, -0.2) is 21.0 Å². The van der Waals surface area contributed by atoms with E-state index in [0.29, 0.717) is 29.8 Å². The van der Waals surface area contributed by atoms with Crippen molar-refractivity contribution in [1.82, 2.24) is 9.97 Å². The van der Waals surface area contributed by atoms with Crippen molar-refractivity contribution >= 4 is 11.8 Å². The predicted molar refractivity (Wildman–Crippen MR) is 74.7 cm³/mol. The lowest BCUT2D eigenvalue weighted by atomic mass is 9.87. The molecule has 1 heterocycles. The third-order valence-electron chi connectivity index (χ3n) is 3.68. The Balaban J connectivity index is 1.87. The van der Waals surface area contributed by atoms with Crippen LogP contribution in [-0.2, 0) is 6.42 Å². The SMILES string of the molecule is O=C(O)c1cnc(N[C@H]2CCCc3c(F)cc(F)cc32)cn1. The number of carboxylic acids is 1. The van der Waals surface area contributed by atoms with Crippen LogP contribution in [0.25, 0.3) is 0 Å². The fourth-order valence-corrected chi connectivity index (χ4v) is 2.68. The molecule has 1 atom stereocenters. The molecule has 0 aliphatic heterocycles. The summed E-state index contributed by atoms with van der Waals surface area (Å²) in [6.45, 7) is 0. The van der Waals surface area contributed by atoms with Crippen LogP contribution < -0.4 is 5.32 Å². The van der Waals surface area contributed by atoms with Crippen molar-refractivity contribution in [1.29, 1.82) is 0 Å². The third-order valence-corrected chi connectivity index (χ3v) is 3.68. The van der Waals surface area contributed by atoms with Crippen LogP contribution in [0.4, 0.5) is 14.6 Å². The number of aromatic nitrogens is 2. The monoisotopic (exact) mass is 305 g/mol. The quantitative estimate of drug-likeness (QED) is 0.912. The van der Waals surface area contributed by atoms with E-state index in [0.717, 1.165) is 18.7 Å². The lowest BCUT2D eigenvalue weighted by molar-refractivity contribution is 0.0690. The molecule has 0 radical (unpaired) electrons. The van der Waals surface area contributed by atoms with Gasteiger partial charge in [0, 0.05) is 6.07 Å². The second kappa shape index (κ2) is 5.67. The minimum absolute atomic E-state index is 0.160. The minimum atomic E-state index is -1.16. The van der Waals surface area contributed by atoms with Gasteiger partial charge in [-0.2, -0.15) is 0 Å². The molecule has 0 fully saturated rings. The van der Waals surface area contributed by atoms with Crippen molar-refractivity contribution in [3.05, 3.63) is 53.0 Å². The summed E-state index contributed by atoms with van der Waals surface area (Å²) in [5.74, 6) is -1.94. The van der Waals surface area contributed by atoms with Crippen molar-refractivity contribution in [2.24, 2.45) is 0 Å². The lowest BCUT2D eigenvalue weighted by Gasteiger charge is -2.27. The molecule has 1 aromatic heterocycles. The smallest absolute Gasteiger partial charge is 0.356 e. The van der Waals surface area contributed by atoms with E-state index in [1.807, 2.05) is 0 Å². The van der Waals surface area contributed by atoms with Crippen molar-refractivity contribution in [2.45, 2.75) is 25.3 Å². The van der Waals surface area contributed by atoms with Gasteiger partial charge in [0.2, 0.25) is 0 Å². The normalized spacial score (nSPS) is 16.9. The van der Waals surface area contributed by atoms with E-state index < -0.39 is 17.6 Å². The number of benzene rings is 1. The number of rotatable bonds is 3. The van der Waals surface area contributed by atoms with Crippen molar-refractivity contribution < 1.29 is 18.7 Å². The molecule has 0 amide bonds. The predicted octanol–water partition coefficient (Wildman–Crippen LogP) is 2.94. The summed E-state index contributed by atoms with van der Waals surface area (Å²) in [7, 11) is 0. The summed E-state index contributed by atoms with van der Waals surface area (Å²) in [4.78, 5) is 18.5. The van der Waals surface area contributed by atoms with Crippen LogP contribution in [0, 0.1) is 11.6 Å². The van der Waals surface area contributed by atoms with E-state index >= 15 is 0 Å². The summed E-state index contributed by atoms with van der Waals surface area (Å²) in [5.41, 5.74) is 0.930. The first kappa shape index (κ1) is 14.4. The Hall–Kier alpha value is -2.57. The second-order valence-electron chi connectivity index (χ2n) is 5.14. The van der Waals surface area contributed by atoms with Crippen LogP contribution in [0.15, 0.2) is 24.5 Å². The number of nitrogens with zero attached hydrogens (tertiary/aromatic N) is 2. The molecule has 3 rings (SSSR count). The van der Waals surface area contributed by atoms with E-state index in [1.165, 1.54) is 12.3 Å². The molecular formula is C15H13F2N3O2. The molecule has 7 heteroatoms. The number of nitrogens with one attached hydrogen (secondary N) is 1. The van der Waals surface area contributed by atoms with Crippen LogP contribution in [0.1, 0.15) is 40.5 Å². The molecule has 0 saturated carbocycles. The number of anilines is 1. The van der Waals surface area contributed by atoms with Gasteiger partial charge in [0.15, 0.2) is 5.69 Å². The standard InChI is InChI=1S/C15H13F2N3O2/c16-8-4-10-9(11(17)5-8)2-1-3-12(10)20-14-7-18-13(6-19-14)15(21)22/h4-7,12H,1-3H2,(H,19,20)(H,21,22)/t12-/m0/s1. The van der Waals surface area contributed by atoms with Crippen molar-refractivity contribution in [3.8, 4) is 0 Å². The molecule has 22 heavy (non-hydrogen) atoms. The molecule has 0 bridgehead atoms. The number of carboxylic acid groups (broad SMARTS) is 1. The highest BCUT2D eigenvalue weighted by Gasteiger charge is 2.24. The largest absolute Gasteiger partial charge is 0.476 e. The molecule has 2 aromatic rings. The molecule has 2 N–H and O–H groups in total. The summed E-state index contributed by atoms with van der Waals surface area (Å²) in [5, 5.41) is 11.8. The Morgan fingerprint density at radius 1 is 1.27 bits per heavy atom. The van der Waals surface area contributed by atoms with Gasteiger partial charge in [-0.3, -0.25) is 0 Å². The first-order valence-electron chi connectivity index (χ1n) is 6.84. The number of carbonyl (C=O) groups is 1. The average Bonchev–Trinajstić information content (AvgIpc) is 2.48. The van der Waals surface area contributed by atoms with Crippen LogP contribution in [0.5, 0.6) is 0 Å². The maximum absolute atomic E-state index is 13.8. The molecule has 0 spiro atoms. The Kier molecular flexibility index (Phi) is 3.70. The van der Waals surface area contributed by atoms with E-state index in [1.54, 1.807) is 0 Å². The summed E-state index contributed by atoms with van der Waals surface area (Å²) in [6.07, 6.45) is 4.49.